The summed E-state index contributed by atoms with van der Waals surface area (Å²) in [7, 11) is 0. The molecule has 4 heterocycles. The Labute approximate surface area is 287 Å². The Hall–Kier alpha value is -6.92. The lowest BCUT2D eigenvalue weighted by molar-refractivity contribution is 0.669. The second-order valence-electron chi connectivity index (χ2n) is 12.3. The minimum absolute atomic E-state index is 0.561. The number of nitrogens with zero attached hydrogens (tertiary/aromatic N) is 5. The van der Waals surface area contributed by atoms with E-state index in [0.29, 0.717) is 17.5 Å². The molecule has 0 saturated carbocycles. The SMILES string of the molecule is c1ccc(-c2nc(-c3ccccc3)nc(-c3cc4oc5cc6c(cc5c4cc3-c3cccnc3)c3ccccc3n6-c3ccccc3)n2)cc1. The van der Waals surface area contributed by atoms with E-state index in [0.717, 1.165) is 66.5 Å². The average Bonchev–Trinajstić information content (AvgIpc) is 3.71. The molecule has 0 unspecified atom stereocenters. The van der Waals surface area contributed by atoms with E-state index in [-0.39, 0.29) is 0 Å². The van der Waals surface area contributed by atoms with Crippen LogP contribution in [0.1, 0.15) is 0 Å². The molecule has 0 saturated heterocycles. The molecule has 0 fully saturated rings. The van der Waals surface area contributed by atoms with Crippen molar-refractivity contribution in [3.05, 3.63) is 164 Å². The number of hydrogen-bond acceptors (Lipinski definition) is 5. The van der Waals surface area contributed by atoms with E-state index in [9.17, 15) is 0 Å². The molecule has 0 aliphatic rings. The molecule has 0 N–H and O–H groups in total. The number of furan rings is 1. The maximum absolute atomic E-state index is 6.73. The Bertz CT molecular complexity index is 2790. The van der Waals surface area contributed by atoms with Gasteiger partial charge in [0.2, 0.25) is 0 Å². The zero-order chi connectivity index (χ0) is 33.0. The molecule has 0 bridgehead atoms. The van der Waals surface area contributed by atoms with Crippen molar-refractivity contribution >= 4 is 43.7 Å². The first-order valence-corrected chi connectivity index (χ1v) is 16.5. The Morgan fingerprint density at radius 2 is 1.02 bits per heavy atom. The molecule has 0 aliphatic heterocycles. The highest BCUT2D eigenvalue weighted by Gasteiger charge is 2.21. The number of hydrogen-bond donors (Lipinski definition) is 0. The molecule has 10 rings (SSSR count). The molecule has 10 aromatic rings. The van der Waals surface area contributed by atoms with Gasteiger partial charge in [0.25, 0.3) is 0 Å². The molecule has 6 nitrogen and oxygen atoms in total. The third-order valence-corrected chi connectivity index (χ3v) is 9.33. The van der Waals surface area contributed by atoms with Gasteiger partial charge in [-0.1, -0.05) is 103 Å². The monoisotopic (exact) mass is 641 g/mol. The number of rotatable bonds is 5. The van der Waals surface area contributed by atoms with Crippen molar-refractivity contribution in [2.45, 2.75) is 0 Å². The second kappa shape index (κ2) is 11.4. The fourth-order valence-corrected chi connectivity index (χ4v) is 7.01. The minimum atomic E-state index is 0.561. The van der Waals surface area contributed by atoms with Gasteiger partial charge in [-0.3, -0.25) is 4.98 Å². The third kappa shape index (κ3) is 4.58. The number of pyridine rings is 1. The van der Waals surface area contributed by atoms with E-state index in [1.807, 2.05) is 79.0 Å². The van der Waals surface area contributed by atoms with Crippen LogP contribution in [0.4, 0.5) is 0 Å². The van der Waals surface area contributed by atoms with Crippen molar-refractivity contribution in [3.8, 4) is 51.0 Å². The second-order valence-corrected chi connectivity index (χ2v) is 12.3. The van der Waals surface area contributed by atoms with Gasteiger partial charge in [-0.15, -0.1) is 0 Å². The van der Waals surface area contributed by atoms with Crippen molar-refractivity contribution in [2.24, 2.45) is 0 Å². The van der Waals surface area contributed by atoms with Crippen LogP contribution in [0, 0.1) is 0 Å². The van der Waals surface area contributed by atoms with E-state index in [2.05, 4.69) is 88.4 Å². The summed E-state index contributed by atoms with van der Waals surface area (Å²) in [6.45, 7) is 0. The topological polar surface area (TPSA) is 69.6 Å². The molecule has 0 radical (unpaired) electrons. The molecule has 6 heteroatoms. The fourth-order valence-electron chi connectivity index (χ4n) is 7.01. The summed E-state index contributed by atoms with van der Waals surface area (Å²) in [6, 6.07) is 51.9. The van der Waals surface area contributed by atoms with Gasteiger partial charge in [0, 0.05) is 67.9 Å². The molecular weight excluding hydrogens is 615 g/mol. The summed E-state index contributed by atoms with van der Waals surface area (Å²) in [5.41, 5.74) is 9.52. The zero-order valence-corrected chi connectivity index (χ0v) is 26.7. The molecule has 0 aliphatic carbocycles. The molecule has 6 aromatic carbocycles. The minimum Gasteiger partial charge on any atom is -0.456 e. The predicted octanol–water partition coefficient (Wildman–Crippen LogP) is 10.9. The Kier molecular flexibility index (Phi) is 6.39. The van der Waals surface area contributed by atoms with Gasteiger partial charge >= 0.3 is 0 Å². The van der Waals surface area contributed by atoms with Crippen molar-refractivity contribution in [1.82, 2.24) is 24.5 Å². The number of aromatic nitrogens is 5. The van der Waals surface area contributed by atoms with Crippen LogP contribution >= 0.6 is 0 Å². The van der Waals surface area contributed by atoms with Gasteiger partial charge in [-0.05, 0) is 48.0 Å². The lowest BCUT2D eigenvalue weighted by Gasteiger charge is -2.12. The van der Waals surface area contributed by atoms with Gasteiger partial charge in [-0.2, -0.15) is 0 Å². The first kappa shape index (κ1) is 28.1. The lowest BCUT2D eigenvalue weighted by atomic mass is 9.97. The summed E-state index contributed by atoms with van der Waals surface area (Å²) < 4.78 is 9.04. The van der Waals surface area contributed by atoms with E-state index in [4.69, 9.17) is 19.4 Å². The van der Waals surface area contributed by atoms with Gasteiger partial charge < -0.3 is 8.98 Å². The maximum Gasteiger partial charge on any atom is 0.164 e. The van der Waals surface area contributed by atoms with Crippen molar-refractivity contribution in [3.63, 3.8) is 0 Å². The van der Waals surface area contributed by atoms with Crippen LogP contribution < -0.4 is 0 Å². The highest BCUT2D eigenvalue weighted by atomic mass is 16.3. The van der Waals surface area contributed by atoms with Crippen molar-refractivity contribution in [1.29, 1.82) is 0 Å². The van der Waals surface area contributed by atoms with E-state index in [1.165, 1.54) is 10.8 Å². The molecule has 50 heavy (non-hydrogen) atoms. The standard InChI is InChI=1S/C44H27N5O/c1-4-13-28(14-5-1)42-46-43(29-15-6-2-7-16-29)48-44(47-42)37-25-40-35(23-33(37)30-17-12-22-45-27-30)36-24-34-32-20-10-11-21-38(32)49(31-18-8-3-9-19-31)39(34)26-41(36)50-40/h1-27H. The molecule has 4 aromatic heterocycles. The Morgan fingerprint density at radius 1 is 0.420 bits per heavy atom. The van der Waals surface area contributed by atoms with E-state index in [1.54, 1.807) is 6.20 Å². The summed E-state index contributed by atoms with van der Waals surface area (Å²) >= 11 is 0. The van der Waals surface area contributed by atoms with Crippen LogP contribution in [0.2, 0.25) is 0 Å². The quantitative estimate of drug-likeness (QED) is 0.187. The number of fused-ring (bicyclic) bond motifs is 6. The average molecular weight is 642 g/mol. The Morgan fingerprint density at radius 3 is 1.72 bits per heavy atom. The molecule has 0 atom stereocenters. The molecule has 0 amide bonds. The van der Waals surface area contributed by atoms with Gasteiger partial charge in [0.1, 0.15) is 11.2 Å². The summed E-state index contributed by atoms with van der Waals surface area (Å²) in [6.07, 6.45) is 3.67. The van der Waals surface area contributed by atoms with Crippen molar-refractivity contribution in [2.75, 3.05) is 0 Å². The molecular formula is C44H27N5O. The van der Waals surface area contributed by atoms with Crippen LogP contribution in [0.5, 0.6) is 0 Å². The summed E-state index contributed by atoms with van der Waals surface area (Å²) in [5.74, 6) is 1.77. The highest BCUT2D eigenvalue weighted by Crippen LogP contribution is 2.42. The number of benzene rings is 6. The molecule has 234 valence electrons. The first-order chi connectivity index (χ1) is 24.8. The van der Waals surface area contributed by atoms with E-state index < -0.39 is 0 Å². The van der Waals surface area contributed by atoms with Crippen LogP contribution in [0.3, 0.4) is 0 Å². The lowest BCUT2D eigenvalue weighted by Crippen LogP contribution is -2.01. The van der Waals surface area contributed by atoms with Crippen LogP contribution in [0.15, 0.2) is 168 Å². The fraction of sp³-hybridized carbons (Fsp3) is 0. The van der Waals surface area contributed by atoms with E-state index >= 15 is 0 Å². The smallest absolute Gasteiger partial charge is 0.164 e. The first-order valence-electron chi connectivity index (χ1n) is 16.5. The van der Waals surface area contributed by atoms with Crippen molar-refractivity contribution < 1.29 is 4.42 Å². The van der Waals surface area contributed by atoms with Crippen LogP contribution in [-0.2, 0) is 0 Å². The summed E-state index contributed by atoms with van der Waals surface area (Å²) in [4.78, 5) is 19.6. The Balaban J connectivity index is 1.26. The highest BCUT2D eigenvalue weighted by molar-refractivity contribution is 6.18. The van der Waals surface area contributed by atoms with Crippen LogP contribution in [0.25, 0.3) is 94.7 Å². The van der Waals surface area contributed by atoms with Gasteiger partial charge in [0.15, 0.2) is 17.5 Å². The van der Waals surface area contributed by atoms with Crippen LogP contribution in [-0.4, -0.2) is 24.5 Å². The van der Waals surface area contributed by atoms with Gasteiger partial charge in [-0.25, -0.2) is 15.0 Å². The summed E-state index contributed by atoms with van der Waals surface area (Å²) in [5, 5.41) is 4.43. The largest absolute Gasteiger partial charge is 0.456 e. The van der Waals surface area contributed by atoms with Gasteiger partial charge in [0.05, 0.1) is 11.0 Å². The number of para-hydroxylation sites is 2. The normalized spacial score (nSPS) is 11.6. The predicted molar refractivity (Wildman–Crippen MR) is 201 cm³/mol. The maximum atomic E-state index is 6.73. The zero-order valence-electron chi connectivity index (χ0n) is 26.7. The third-order valence-electron chi connectivity index (χ3n) is 9.33. The molecule has 0 spiro atoms.